The Bertz CT molecular complexity index is 768. The zero-order valence-electron chi connectivity index (χ0n) is 11.6. The second-order valence-corrected chi connectivity index (χ2v) is 11.2. The van der Waals surface area contributed by atoms with Crippen molar-refractivity contribution in [3.8, 4) is 0 Å². The van der Waals surface area contributed by atoms with Crippen molar-refractivity contribution < 1.29 is 19.6 Å². The average molecular weight is 408 g/mol. The number of rotatable bonds is 2. The number of hydrogen-bond donors (Lipinski definition) is 1. The first-order chi connectivity index (χ1) is 10.4. The molecule has 2 amide bonds. The molecular formula is C13H11N3O5Sn. The zero-order valence-corrected chi connectivity index (χ0v) is 14.4. The van der Waals surface area contributed by atoms with Gasteiger partial charge in [-0.15, -0.1) is 0 Å². The molecule has 1 spiro atoms. The molecule has 0 aliphatic carbocycles. The molecule has 112 valence electrons. The van der Waals surface area contributed by atoms with Crippen LogP contribution in [-0.4, -0.2) is 68.7 Å². The Hall–Kier alpha value is -1.68. The van der Waals surface area contributed by atoms with Gasteiger partial charge in [0.15, 0.2) is 0 Å². The van der Waals surface area contributed by atoms with Crippen LogP contribution >= 0.6 is 0 Å². The minimum atomic E-state index is -1.64. The van der Waals surface area contributed by atoms with Gasteiger partial charge in [0.05, 0.1) is 0 Å². The van der Waals surface area contributed by atoms with Crippen LogP contribution in [0.15, 0.2) is 18.2 Å². The third-order valence-electron chi connectivity index (χ3n) is 4.78. The number of carbonyl (C=O) groups excluding carboxylic acids is 2. The summed E-state index contributed by atoms with van der Waals surface area (Å²) in [6, 6.07) is 4.38. The summed E-state index contributed by atoms with van der Waals surface area (Å²) in [6.07, 6.45) is 0.406. The molecule has 1 aromatic carbocycles. The van der Waals surface area contributed by atoms with E-state index in [1.807, 2.05) is 0 Å². The Balaban J connectivity index is 1.92. The van der Waals surface area contributed by atoms with Gasteiger partial charge < -0.3 is 0 Å². The van der Waals surface area contributed by atoms with Crippen molar-refractivity contribution in [1.29, 1.82) is 0 Å². The van der Waals surface area contributed by atoms with Gasteiger partial charge in [-0.2, -0.15) is 0 Å². The first-order valence-electron chi connectivity index (χ1n) is 6.68. The summed E-state index contributed by atoms with van der Waals surface area (Å²) in [5.41, 5.74) is 1.14. The number of aliphatic hydroxyl groups is 1. The van der Waals surface area contributed by atoms with Gasteiger partial charge in [0.1, 0.15) is 0 Å². The van der Waals surface area contributed by atoms with E-state index in [0.717, 1.165) is 5.56 Å². The predicted molar refractivity (Wildman–Crippen MR) is 75.4 cm³/mol. The van der Waals surface area contributed by atoms with Crippen LogP contribution in [0.2, 0.25) is 0 Å². The number of non-ortho nitro benzene ring substituents is 1. The number of benzene rings is 1. The SMILES string of the molecule is CN1C(=O)[C]23Cc4ccc([N+](=O)[O-])cc4N2C(=O)[C]1(CO)[Sn]3. The van der Waals surface area contributed by atoms with Crippen molar-refractivity contribution in [3.05, 3.63) is 33.9 Å². The number of fused-ring (bicyclic) bond motifs is 3. The summed E-state index contributed by atoms with van der Waals surface area (Å²) in [7, 11) is 1.56. The van der Waals surface area contributed by atoms with Crippen molar-refractivity contribution in [3.63, 3.8) is 0 Å². The van der Waals surface area contributed by atoms with Gasteiger partial charge in [0, 0.05) is 0 Å². The van der Waals surface area contributed by atoms with Gasteiger partial charge in [-0.05, 0) is 0 Å². The molecule has 0 saturated carbocycles. The van der Waals surface area contributed by atoms with Crippen molar-refractivity contribution in [2.45, 2.75) is 13.5 Å². The van der Waals surface area contributed by atoms with E-state index in [4.69, 9.17) is 0 Å². The number of anilines is 1. The summed E-state index contributed by atoms with van der Waals surface area (Å²) in [4.78, 5) is 38.8. The fourth-order valence-corrected chi connectivity index (χ4v) is 9.77. The molecule has 1 aromatic rings. The Morgan fingerprint density at radius 2 is 2.14 bits per heavy atom. The number of likely N-dealkylation sites (N-methyl/N-ethyl adjacent to an activating group) is 1. The Morgan fingerprint density at radius 3 is 2.77 bits per heavy atom. The van der Waals surface area contributed by atoms with Gasteiger partial charge in [0.2, 0.25) is 0 Å². The normalized spacial score (nSPS) is 31.7. The summed E-state index contributed by atoms with van der Waals surface area (Å²) >= 11 is -1.64. The monoisotopic (exact) mass is 409 g/mol. The van der Waals surface area contributed by atoms with E-state index >= 15 is 0 Å². The standard InChI is InChI=1S/C13H11N3O5.Sn/c1-14-11(6-17)13(19)15-9-5-8(16(20)21)3-2-7(9)4-10(15)12(14)18;/h2-3,5,17H,4,6H2,1H3;. The van der Waals surface area contributed by atoms with E-state index < -0.39 is 33.2 Å². The van der Waals surface area contributed by atoms with Crippen LogP contribution in [-0.2, 0) is 16.0 Å². The van der Waals surface area contributed by atoms with Gasteiger partial charge in [0.25, 0.3) is 0 Å². The minimum absolute atomic E-state index is 0.101. The van der Waals surface area contributed by atoms with Gasteiger partial charge in [-0.25, -0.2) is 0 Å². The number of aliphatic hydroxyl groups excluding tert-OH is 1. The third-order valence-corrected chi connectivity index (χ3v) is 10.9. The molecule has 9 heteroatoms. The summed E-state index contributed by atoms with van der Waals surface area (Å²) < 4.78 is -1.93. The third kappa shape index (κ3) is 1.29. The molecule has 8 nitrogen and oxygen atoms in total. The predicted octanol–water partition coefficient (Wildman–Crippen LogP) is -0.941. The molecule has 1 N–H and O–H groups in total. The molecule has 2 saturated heterocycles. The topological polar surface area (TPSA) is 104 Å². The quantitative estimate of drug-likeness (QED) is 0.387. The van der Waals surface area contributed by atoms with E-state index in [-0.39, 0.29) is 24.1 Å². The molecule has 2 fully saturated rings. The summed E-state index contributed by atoms with van der Waals surface area (Å²) in [5, 5.41) is 20.7. The van der Waals surface area contributed by atoms with Crippen molar-refractivity contribution in [1.82, 2.24) is 4.90 Å². The van der Waals surface area contributed by atoms with Crippen LogP contribution in [0.5, 0.6) is 0 Å². The van der Waals surface area contributed by atoms with Crippen molar-refractivity contribution in [2.75, 3.05) is 18.6 Å². The molecule has 4 rings (SSSR count). The second kappa shape index (κ2) is 3.99. The fraction of sp³-hybridized carbons (Fsp3) is 0.385. The van der Waals surface area contributed by atoms with E-state index in [0.29, 0.717) is 12.1 Å². The van der Waals surface area contributed by atoms with Gasteiger partial charge in [-0.1, -0.05) is 0 Å². The molecule has 22 heavy (non-hydrogen) atoms. The van der Waals surface area contributed by atoms with Crippen LogP contribution in [0.4, 0.5) is 11.4 Å². The maximum absolute atomic E-state index is 12.8. The number of amides is 2. The van der Waals surface area contributed by atoms with Crippen LogP contribution in [0.3, 0.4) is 0 Å². The van der Waals surface area contributed by atoms with E-state index in [2.05, 4.69) is 0 Å². The maximum atomic E-state index is 12.8. The number of piperazine rings is 1. The molecule has 2 radical (unpaired) electrons. The van der Waals surface area contributed by atoms with Crippen LogP contribution in [0, 0.1) is 10.1 Å². The Morgan fingerprint density at radius 1 is 1.41 bits per heavy atom. The number of nitrogens with zero attached hydrogens (tertiary/aromatic N) is 3. The van der Waals surface area contributed by atoms with E-state index in [9.17, 15) is 24.8 Å². The number of carbonyl (C=O) groups is 2. The number of nitro benzene ring substituents is 1. The van der Waals surface area contributed by atoms with Crippen LogP contribution in [0.25, 0.3) is 0 Å². The molecule has 2 unspecified atom stereocenters. The first kappa shape index (κ1) is 13.9. The van der Waals surface area contributed by atoms with Crippen LogP contribution < -0.4 is 4.90 Å². The molecule has 2 atom stereocenters. The second-order valence-electron chi connectivity index (χ2n) is 5.76. The molecule has 2 bridgehead atoms. The van der Waals surface area contributed by atoms with Crippen molar-refractivity contribution >= 4 is 44.3 Å². The molecule has 3 heterocycles. The van der Waals surface area contributed by atoms with Gasteiger partial charge in [-0.3, -0.25) is 0 Å². The zero-order chi connectivity index (χ0) is 15.9. The molecule has 3 aliphatic heterocycles. The number of nitro groups is 1. The van der Waals surface area contributed by atoms with E-state index in [1.54, 1.807) is 13.1 Å². The first-order valence-corrected chi connectivity index (χ1v) is 9.53. The molecular weight excluding hydrogens is 397 g/mol. The Kier molecular flexibility index (Phi) is 2.53. The summed E-state index contributed by atoms with van der Waals surface area (Å²) in [5.74, 6) is -0.436. The fourth-order valence-electron chi connectivity index (χ4n) is 3.66. The van der Waals surface area contributed by atoms with Crippen LogP contribution in [0.1, 0.15) is 5.56 Å². The molecule has 3 aliphatic rings. The summed E-state index contributed by atoms with van der Waals surface area (Å²) in [6.45, 7) is -0.372. The van der Waals surface area contributed by atoms with Gasteiger partial charge >= 0.3 is 135 Å². The molecule has 0 aromatic heterocycles. The number of hydrogen-bond acceptors (Lipinski definition) is 5. The average Bonchev–Trinajstić information content (AvgIpc) is 3.03. The van der Waals surface area contributed by atoms with Crippen molar-refractivity contribution in [2.24, 2.45) is 0 Å². The Labute approximate surface area is 135 Å². The van der Waals surface area contributed by atoms with E-state index in [1.165, 1.54) is 21.9 Å².